The molecule has 1 amide bonds. The summed E-state index contributed by atoms with van der Waals surface area (Å²) in [6.45, 7) is 0. The van der Waals surface area contributed by atoms with Gasteiger partial charge in [-0.25, -0.2) is 0 Å². The lowest BCUT2D eigenvalue weighted by molar-refractivity contribution is -0.121. The predicted molar refractivity (Wildman–Crippen MR) is 57.8 cm³/mol. The number of carbonyl (C=O) groups is 1. The van der Waals surface area contributed by atoms with Crippen molar-refractivity contribution in [2.24, 2.45) is 5.73 Å². The van der Waals surface area contributed by atoms with Crippen LogP contribution in [0.15, 0.2) is 0 Å². The van der Waals surface area contributed by atoms with Crippen molar-refractivity contribution in [1.29, 1.82) is 0 Å². The Morgan fingerprint density at radius 2 is 2.14 bits per heavy atom. The number of nitrogens with two attached hydrogens (primary N) is 1. The van der Waals surface area contributed by atoms with Crippen molar-refractivity contribution >= 4 is 23.1 Å². The fourth-order valence-corrected chi connectivity index (χ4v) is 1.83. The minimum Gasteiger partial charge on any atom is -0.393 e. The molecule has 0 aliphatic heterocycles. The van der Waals surface area contributed by atoms with Crippen LogP contribution >= 0.6 is 12.2 Å². The summed E-state index contributed by atoms with van der Waals surface area (Å²) in [7, 11) is 0. The van der Waals surface area contributed by atoms with Gasteiger partial charge in [-0.1, -0.05) is 25.1 Å². The standard InChI is InChI=1S/C9H16N2O2S/c10-8(14)5-9(13)11-6-3-1-2-4-7(6)12/h6-7,12H,1-5H2,(H2,10,14)(H,11,13). The number of nitrogens with one attached hydrogen (secondary N) is 1. The summed E-state index contributed by atoms with van der Waals surface area (Å²) in [5.74, 6) is -0.191. The topological polar surface area (TPSA) is 75.4 Å². The molecule has 1 rings (SSSR count). The lowest BCUT2D eigenvalue weighted by atomic mass is 9.92. The molecular weight excluding hydrogens is 200 g/mol. The van der Waals surface area contributed by atoms with E-state index in [2.05, 4.69) is 17.5 Å². The minimum absolute atomic E-state index is 0.0680. The van der Waals surface area contributed by atoms with E-state index in [-0.39, 0.29) is 23.4 Å². The van der Waals surface area contributed by atoms with E-state index in [4.69, 9.17) is 5.73 Å². The molecule has 0 aromatic heterocycles. The van der Waals surface area contributed by atoms with E-state index in [0.717, 1.165) is 25.7 Å². The number of aliphatic hydroxyl groups is 1. The first-order valence-corrected chi connectivity index (χ1v) is 5.26. The van der Waals surface area contributed by atoms with Gasteiger partial charge in [0.05, 0.1) is 23.6 Å². The van der Waals surface area contributed by atoms with Crippen LogP contribution in [0, 0.1) is 0 Å². The molecule has 80 valence electrons. The molecule has 1 aliphatic rings. The highest BCUT2D eigenvalue weighted by atomic mass is 32.1. The van der Waals surface area contributed by atoms with Gasteiger partial charge in [0.2, 0.25) is 5.91 Å². The first-order chi connectivity index (χ1) is 6.59. The SMILES string of the molecule is NC(=S)CC(=O)NC1CCCCC1O. The Labute approximate surface area is 88.9 Å². The number of rotatable bonds is 3. The molecule has 14 heavy (non-hydrogen) atoms. The minimum atomic E-state index is -0.418. The number of hydrogen-bond acceptors (Lipinski definition) is 3. The van der Waals surface area contributed by atoms with Crippen molar-refractivity contribution in [3.8, 4) is 0 Å². The van der Waals surface area contributed by atoms with E-state index in [1.54, 1.807) is 0 Å². The van der Waals surface area contributed by atoms with E-state index in [1.807, 2.05) is 0 Å². The van der Waals surface area contributed by atoms with Crippen LogP contribution in [0.4, 0.5) is 0 Å². The summed E-state index contributed by atoms with van der Waals surface area (Å²) in [4.78, 5) is 11.5. The third-order valence-electron chi connectivity index (χ3n) is 2.41. The molecule has 0 aromatic carbocycles. The molecule has 0 radical (unpaired) electrons. The van der Waals surface area contributed by atoms with Gasteiger partial charge in [-0.2, -0.15) is 0 Å². The Morgan fingerprint density at radius 1 is 1.50 bits per heavy atom. The van der Waals surface area contributed by atoms with Gasteiger partial charge in [0.25, 0.3) is 0 Å². The zero-order valence-corrected chi connectivity index (χ0v) is 8.85. The smallest absolute Gasteiger partial charge is 0.227 e. The molecule has 0 spiro atoms. The number of thiocarbonyl (C=S) groups is 1. The quantitative estimate of drug-likeness (QED) is 0.584. The highest BCUT2D eigenvalue weighted by Gasteiger charge is 2.24. The van der Waals surface area contributed by atoms with Gasteiger partial charge in [0, 0.05) is 0 Å². The Kier molecular flexibility index (Phi) is 4.28. The second-order valence-electron chi connectivity index (χ2n) is 3.67. The molecule has 2 atom stereocenters. The molecule has 1 fully saturated rings. The molecule has 0 heterocycles. The maximum atomic E-state index is 11.3. The van der Waals surface area contributed by atoms with Crippen LogP contribution in [-0.4, -0.2) is 28.1 Å². The molecule has 4 N–H and O–H groups in total. The van der Waals surface area contributed by atoms with E-state index < -0.39 is 6.10 Å². The average Bonchev–Trinajstić information content (AvgIpc) is 2.07. The van der Waals surface area contributed by atoms with Crippen LogP contribution in [0.1, 0.15) is 32.1 Å². The highest BCUT2D eigenvalue weighted by Crippen LogP contribution is 2.18. The van der Waals surface area contributed by atoms with E-state index in [1.165, 1.54) is 0 Å². The zero-order chi connectivity index (χ0) is 10.6. The molecule has 5 heteroatoms. The van der Waals surface area contributed by atoms with E-state index >= 15 is 0 Å². The van der Waals surface area contributed by atoms with Gasteiger partial charge in [-0.3, -0.25) is 4.79 Å². The lowest BCUT2D eigenvalue weighted by Gasteiger charge is -2.28. The summed E-state index contributed by atoms with van der Waals surface area (Å²) >= 11 is 4.62. The molecule has 1 saturated carbocycles. The number of hydrogen-bond donors (Lipinski definition) is 3. The fraction of sp³-hybridized carbons (Fsp3) is 0.778. The normalized spacial score (nSPS) is 26.9. The third kappa shape index (κ3) is 3.59. The first kappa shape index (κ1) is 11.4. The molecule has 2 unspecified atom stereocenters. The molecule has 0 aromatic rings. The predicted octanol–water partition coefficient (Wildman–Crippen LogP) is 0.0823. The summed E-state index contributed by atoms with van der Waals surface area (Å²) in [5, 5.41) is 12.3. The van der Waals surface area contributed by atoms with Gasteiger partial charge >= 0.3 is 0 Å². The lowest BCUT2D eigenvalue weighted by Crippen LogP contribution is -2.45. The Morgan fingerprint density at radius 3 is 2.71 bits per heavy atom. The average molecular weight is 216 g/mol. The van der Waals surface area contributed by atoms with Crippen molar-refractivity contribution in [1.82, 2.24) is 5.32 Å². The summed E-state index contributed by atoms with van der Waals surface area (Å²) < 4.78 is 0. The first-order valence-electron chi connectivity index (χ1n) is 4.85. The second kappa shape index (κ2) is 5.26. The van der Waals surface area contributed by atoms with Crippen molar-refractivity contribution in [3.63, 3.8) is 0 Å². The largest absolute Gasteiger partial charge is 0.393 e. The third-order valence-corrected chi connectivity index (χ3v) is 2.55. The van der Waals surface area contributed by atoms with Gasteiger partial charge < -0.3 is 16.2 Å². The highest BCUT2D eigenvalue weighted by molar-refractivity contribution is 7.80. The van der Waals surface area contributed by atoms with Gasteiger partial charge in [-0.15, -0.1) is 0 Å². The Balaban J connectivity index is 2.34. The van der Waals surface area contributed by atoms with Crippen LogP contribution < -0.4 is 11.1 Å². The summed E-state index contributed by atoms with van der Waals surface area (Å²) in [6.07, 6.45) is 3.33. The molecule has 0 saturated heterocycles. The summed E-state index contributed by atoms with van der Waals surface area (Å²) in [6, 6.07) is -0.120. The van der Waals surface area contributed by atoms with Crippen molar-refractivity contribution in [3.05, 3.63) is 0 Å². The van der Waals surface area contributed by atoms with Gasteiger partial charge in [0.1, 0.15) is 0 Å². The van der Waals surface area contributed by atoms with Crippen LogP contribution in [0.25, 0.3) is 0 Å². The number of carbonyl (C=O) groups excluding carboxylic acids is 1. The number of aliphatic hydroxyl groups excluding tert-OH is 1. The maximum absolute atomic E-state index is 11.3. The fourth-order valence-electron chi connectivity index (χ4n) is 1.70. The number of amides is 1. The van der Waals surface area contributed by atoms with E-state index in [0.29, 0.717) is 0 Å². The zero-order valence-electron chi connectivity index (χ0n) is 8.03. The molecule has 1 aliphatic carbocycles. The maximum Gasteiger partial charge on any atom is 0.227 e. The van der Waals surface area contributed by atoms with Crippen LogP contribution in [0.5, 0.6) is 0 Å². The van der Waals surface area contributed by atoms with Crippen molar-refractivity contribution in [2.75, 3.05) is 0 Å². The van der Waals surface area contributed by atoms with Crippen molar-refractivity contribution < 1.29 is 9.90 Å². The monoisotopic (exact) mass is 216 g/mol. The van der Waals surface area contributed by atoms with Gasteiger partial charge in [-0.05, 0) is 12.8 Å². The molecule has 0 bridgehead atoms. The van der Waals surface area contributed by atoms with E-state index in [9.17, 15) is 9.90 Å². The van der Waals surface area contributed by atoms with Crippen molar-refractivity contribution in [2.45, 2.75) is 44.2 Å². The molecule has 4 nitrogen and oxygen atoms in total. The Hall–Kier alpha value is -0.680. The van der Waals surface area contributed by atoms with Crippen LogP contribution in [0.3, 0.4) is 0 Å². The summed E-state index contributed by atoms with van der Waals surface area (Å²) in [5.41, 5.74) is 5.24. The molecular formula is C9H16N2O2S. The van der Waals surface area contributed by atoms with Gasteiger partial charge in [0.15, 0.2) is 0 Å². The second-order valence-corrected chi connectivity index (χ2v) is 4.19. The van der Waals surface area contributed by atoms with Crippen LogP contribution in [-0.2, 0) is 4.79 Å². The Bertz CT molecular complexity index is 233. The van der Waals surface area contributed by atoms with Crippen LogP contribution in [0.2, 0.25) is 0 Å².